The Bertz CT molecular complexity index is 1320. The van der Waals surface area contributed by atoms with Gasteiger partial charge in [-0.05, 0) is 30.0 Å². The Morgan fingerprint density at radius 1 is 0.882 bits per heavy atom. The van der Waals surface area contributed by atoms with Gasteiger partial charge in [-0.25, -0.2) is 0 Å². The predicted octanol–water partition coefficient (Wildman–Crippen LogP) is 3.67. The molecule has 0 aliphatic carbocycles. The second-order valence-corrected chi connectivity index (χ2v) is 9.22. The summed E-state index contributed by atoms with van der Waals surface area (Å²) in [6.07, 6.45) is 6.51. The molecular weight excluding hydrogens is 424 g/mol. The number of hydrogen-bond acceptors (Lipinski definition) is 5. The number of carbonyl (C=O) groups excluding carboxylic acids is 1. The third kappa shape index (κ3) is 3.96. The highest BCUT2D eigenvalue weighted by molar-refractivity contribution is 5.94. The highest BCUT2D eigenvalue weighted by Crippen LogP contribution is 2.27. The molecule has 172 valence electrons. The van der Waals surface area contributed by atoms with Gasteiger partial charge in [0.05, 0.1) is 17.6 Å². The van der Waals surface area contributed by atoms with Gasteiger partial charge in [-0.2, -0.15) is 5.10 Å². The summed E-state index contributed by atoms with van der Waals surface area (Å²) in [5, 5.41) is 4.90. The van der Waals surface area contributed by atoms with E-state index in [1.165, 1.54) is 11.3 Å². The fourth-order valence-corrected chi connectivity index (χ4v) is 5.23. The van der Waals surface area contributed by atoms with Gasteiger partial charge < -0.3 is 4.90 Å². The summed E-state index contributed by atoms with van der Waals surface area (Å²) in [6.45, 7) is 4.76. The Morgan fingerprint density at radius 2 is 1.71 bits per heavy atom. The third-order valence-electron chi connectivity index (χ3n) is 6.96. The van der Waals surface area contributed by atoms with Crippen LogP contribution in [0.4, 0.5) is 0 Å². The largest absolute Gasteiger partial charge is 0.337 e. The molecular formula is C27H28N6O. The lowest BCUT2D eigenvalue weighted by atomic mass is 10.0. The number of amides is 1. The molecule has 0 radical (unpaired) electrons. The number of rotatable bonds is 5. The first-order valence-electron chi connectivity index (χ1n) is 12.1. The van der Waals surface area contributed by atoms with Gasteiger partial charge in [0.25, 0.3) is 5.91 Å². The summed E-state index contributed by atoms with van der Waals surface area (Å²) in [5.74, 6) is 0.0819. The van der Waals surface area contributed by atoms with Gasteiger partial charge in [0.15, 0.2) is 5.69 Å². The molecule has 0 atom stereocenters. The molecule has 1 saturated heterocycles. The normalized spacial score (nSPS) is 16.2. The first kappa shape index (κ1) is 21.0. The topological polar surface area (TPSA) is 67.2 Å². The maximum Gasteiger partial charge on any atom is 0.274 e. The van der Waals surface area contributed by atoms with Crippen molar-refractivity contribution < 1.29 is 4.79 Å². The molecule has 0 bridgehead atoms. The third-order valence-corrected chi connectivity index (χ3v) is 6.96. The van der Waals surface area contributed by atoms with Crippen LogP contribution in [0.2, 0.25) is 0 Å². The summed E-state index contributed by atoms with van der Waals surface area (Å²) in [4.78, 5) is 26.8. The molecule has 0 spiro atoms. The van der Waals surface area contributed by atoms with Crippen molar-refractivity contribution in [2.75, 3.05) is 19.6 Å². The molecule has 2 aromatic carbocycles. The second-order valence-electron chi connectivity index (χ2n) is 9.22. The molecule has 2 aromatic heterocycles. The van der Waals surface area contributed by atoms with Crippen LogP contribution in [0.25, 0.3) is 11.0 Å². The lowest BCUT2D eigenvalue weighted by Gasteiger charge is -2.28. The number of nitrogens with zero attached hydrogens (tertiary/aromatic N) is 6. The maximum absolute atomic E-state index is 13.4. The van der Waals surface area contributed by atoms with Crippen LogP contribution in [0.1, 0.15) is 45.7 Å². The maximum atomic E-state index is 13.4. The van der Waals surface area contributed by atoms with Crippen LogP contribution < -0.4 is 0 Å². The monoisotopic (exact) mass is 452 g/mol. The summed E-state index contributed by atoms with van der Waals surface area (Å²) >= 11 is 0. The van der Waals surface area contributed by atoms with Crippen LogP contribution in [-0.4, -0.2) is 55.1 Å². The zero-order chi connectivity index (χ0) is 22.9. The Hall–Kier alpha value is -3.58. The van der Waals surface area contributed by atoms with Gasteiger partial charge in [-0.1, -0.05) is 42.5 Å². The number of para-hydroxylation sites is 1. The molecule has 4 aromatic rings. The van der Waals surface area contributed by atoms with E-state index in [1.54, 1.807) is 12.4 Å². The van der Waals surface area contributed by atoms with Crippen molar-refractivity contribution in [2.24, 2.45) is 0 Å². The number of likely N-dealkylation sites (tertiary alicyclic amines) is 1. The van der Waals surface area contributed by atoms with Crippen molar-refractivity contribution in [1.29, 1.82) is 0 Å². The molecule has 34 heavy (non-hydrogen) atoms. The fraction of sp³-hybridized carbons (Fsp3) is 0.333. The molecule has 7 heteroatoms. The first-order chi connectivity index (χ1) is 16.8. The Kier molecular flexibility index (Phi) is 5.55. The van der Waals surface area contributed by atoms with E-state index < -0.39 is 0 Å². The zero-order valence-electron chi connectivity index (χ0n) is 19.2. The number of fused-ring (bicyclic) bond motifs is 2. The standard InChI is InChI=1S/C27H28N6O/c34-27(32-14-4-5-15-32)26-22-19-31(18-21-9-6-10-23-25(21)29-13-12-28-23)16-11-24(22)33(30-26)17-20-7-2-1-3-8-20/h1-3,6-10,12-13H,4-5,11,14-19H2. The molecule has 6 rings (SSSR count). The number of benzene rings is 2. The van der Waals surface area contributed by atoms with Crippen LogP contribution in [-0.2, 0) is 26.1 Å². The molecule has 1 amide bonds. The van der Waals surface area contributed by atoms with Gasteiger partial charge in [0.2, 0.25) is 0 Å². The van der Waals surface area contributed by atoms with E-state index in [4.69, 9.17) is 5.10 Å². The lowest BCUT2D eigenvalue weighted by Crippen LogP contribution is -2.33. The minimum absolute atomic E-state index is 0.0819. The number of carbonyl (C=O) groups is 1. The second kappa shape index (κ2) is 8.99. The minimum Gasteiger partial charge on any atom is -0.337 e. The van der Waals surface area contributed by atoms with E-state index in [0.717, 1.165) is 74.1 Å². The van der Waals surface area contributed by atoms with Gasteiger partial charge in [-0.15, -0.1) is 0 Å². The quantitative estimate of drug-likeness (QED) is 0.462. The molecule has 0 saturated carbocycles. The lowest BCUT2D eigenvalue weighted by molar-refractivity contribution is 0.0783. The molecule has 1 fully saturated rings. The van der Waals surface area contributed by atoms with Crippen molar-refractivity contribution in [3.63, 3.8) is 0 Å². The summed E-state index contributed by atoms with van der Waals surface area (Å²) in [5.41, 5.74) is 7.14. The van der Waals surface area contributed by atoms with Crippen LogP contribution in [0.15, 0.2) is 60.9 Å². The smallest absolute Gasteiger partial charge is 0.274 e. The van der Waals surface area contributed by atoms with Gasteiger partial charge >= 0.3 is 0 Å². The zero-order valence-corrected chi connectivity index (χ0v) is 19.2. The van der Waals surface area contributed by atoms with E-state index in [1.807, 2.05) is 23.1 Å². The molecule has 2 aliphatic heterocycles. The summed E-state index contributed by atoms with van der Waals surface area (Å²) < 4.78 is 2.06. The number of hydrogen-bond donors (Lipinski definition) is 0. The van der Waals surface area contributed by atoms with E-state index >= 15 is 0 Å². The predicted molar refractivity (Wildman–Crippen MR) is 130 cm³/mol. The van der Waals surface area contributed by atoms with Gasteiger partial charge in [0, 0.05) is 62.8 Å². The first-order valence-corrected chi connectivity index (χ1v) is 12.1. The van der Waals surface area contributed by atoms with E-state index in [2.05, 4.69) is 49.9 Å². The highest BCUT2D eigenvalue weighted by atomic mass is 16.2. The molecule has 0 unspecified atom stereocenters. The van der Waals surface area contributed by atoms with Crippen LogP contribution in [0.5, 0.6) is 0 Å². The average molecular weight is 453 g/mol. The van der Waals surface area contributed by atoms with Gasteiger partial charge in [-0.3, -0.25) is 24.3 Å². The molecule has 2 aliphatic rings. The average Bonchev–Trinajstić information content (AvgIpc) is 3.53. The molecule has 4 heterocycles. The molecule has 7 nitrogen and oxygen atoms in total. The van der Waals surface area contributed by atoms with Crippen LogP contribution >= 0.6 is 0 Å². The van der Waals surface area contributed by atoms with E-state index in [9.17, 15) is 4.79 Å². The fourth-order valence-electron chi connectivity index (χ4n) is 5.23. The Labute approximate surface area is 199 Å². The van der Waals surface area contributed by atoms with Crippen molar-refractivity contribution in [1.82, 2.24) is 29.5 Å². The summed E-state index contributed by atoms with van der Waals surface area (Å²) in [7, 11) is 0. The number of aromatic nitrogens is 4. The molecule has 0 N–H and O–H groups in total. The summed E-state index contributed by atoms with van der Waals surface area (Å²) in [6, 6.07) is 16.5. The van der Waals surface area contributed by atoms with Crippen molar-refractivity contribution in [2.45, 2.75) is 38.9 Å². The Morgan fingerprint density at radius 3 is 2.56 bits per heavy atom. The van der Waals surface area contributed by atoms with Crippen LogP contribution in [0.3, 0.4) is 0 Å². The van der Waals surface area contributed by atoms with Crippen LogP contribution in [0, 0.1) is 0 Å². The Balaban J connectivity index is 1.32. The van der Waals surface area contributed by atoms with E-state index in [0.29, 0.717) is 12.2 Å². The van der Waals surface area contributed by atoms with Gasteiger partial charge in [0.1, 0.15) is 0 Å². The van der Waals surface area contributed by atoms with Crippen molar-refractivity contribution in [3.05, 3.63) is 89.0 Å². The van der Waals surface area contributed by atoms with Crippen molar-refractivity contribution >= 4 is 16.9 Å². The highest BCUT2D eigenvalue weighted by Gasteiger charge is 2.31. The minimum atomic E-state index is 0.0819. The SMILES string of the molecule is O=C(c1nn(Cc2ccccc2)c2c1CN(Cc1cccc3nccnc13)CC2)N1CCCC1. The van der Waals surface area contributed by atoms with E-state index in [-0.39, 0.29) is 5.91 Å². The van der Waals surface area contributed by atoms with Crippen molar-refractivity contribution in [3.8, 4) is 0 Å².